The molecule has 0 aromatic heterocycles. The number of nitrogens with zero attached hydrogens (tertiary/aromatic N) is 1. The molecule has 1 fully saturated rings. The Bertz CT molecular complexity index is 481. The SMILES string of the molecule is COc1ccc(S(=O)(=O)N2CCC[C@@H]2C)cc1. The van der Waals surface area contributed by atoms with Gasteiger partial charge in [-0.1, -0.05) is 0 Å². The summed E-state index contributed by atoms with van der Waals surface area (Å²) in [5.41, 5.74) is 0. The molecule has 5 heteroatoms. The lowest BCUT2D eigenvalue weighted by Gasteiger charge is -2.20. The van der Waals surface area contributed by atoms with Gasteiger partial charge in [-0.2, -0.15) is 4.31 Å². The van der Waals surface area contributed by atoms with Crippen LogP contribution in [0.1, 0.15) is 19.8 Å². The first-order chi connectivity index (χ1) is 8.05. The molecule has 0 spiro atoms. The smallest absolute Gasteiger partial charge is 0.243 e. The molecule has 0 radical (unpaired) electrons. The van der Waals surface area contributed by atoms with E-state index in [1.54, 1.807) is 35.7 Å². The zero-order chi connectivity index (χ0) is 12.5. The Morgan fingerprint density at radius 3 is 2.41 bits per heavy atom. The summed E-state index contributed by atoms with van der Waals surface area (Å²) in [6.07, 6.45) is 1.88. The molecule has 0 bridgehead atoms. The van der Waals surface area contributed by atoms with E-state index in [0.717, 1.165) is 12.8 Å². The van der Waals surface area contributed by atoms with Gasteiger partial charge in [0.25, 0.3) is 0 Å². The first-order valence-corrected chi connectivity index (χ1v) is 7.15. The standard InChI is InChI=1S/C12H17NO3S/c1-10-4-3-9-13(10)17(14,15)12-7-5-11(16-2)6-8-12/h5-8,10H,3-4,9H2,1-2H3/t10-/m0/s1. The summed E-state index contributed by atoms with van der Waals surface area (Å²) < 4.78 is 31.3. The average Bonchev–Trinajstić information content (AvgIpc) is 2.76. The van der Waals surface area contributed by atoms with Crippen molar-refractivity contribution in [3.63, 3.8) is 0 Å². The van der Waals surface area contributed by atoms with Crippen LogP contribution in [0.25, 0.3) is 0 Å². The quantitative estimate of drug-likeness (QED) is 0.828. The molecule has 1 aromatic rings. The van der Waals surface area contributed by atoms with E-state index in [-0.39, 0.29) is 6.04 Å². The monoisotopic (exact) mass is 255 g/mol. The van der Waals surface area contributed by atoms with Gasteiger partial charge in [0.1, 0.15) is 5.75 Å². The third kappa shape index (κ3) is 2.30. The molecule has 1 atom stereocenters. The number of sulfonamides is 1. The van der Waals surface area contributed by atoms with Gasteiger partial charge in [0.05, 0.1) is 12.0 Å². The zero-order valence-corrected chi connectivity index (χ0v) is 10.9. The largest absolute Gasteiger partial charge is 0.497 e. The molecule has 2 rings (SSSR count). The van der Waals surface area contributed by atoms with Crippen LogP contribution in [-0.4, -0.2) is 32.4 Å². The molecule has 4 nitrogen and oxygen atoms in total. The summed E-state index contributed by atoms with van der Waals surface area (Å²) in [4.78, 5) is 0.340. The van der Waals surface area contributed by atoms with E-state index in [0.29, 0.717) is 17.2 Å². The van der Waals surface area contributed by atoms with E-state index in [9.17, 15) is 8.42 Å². The molecule has 17 heavy (non-hydrogen) atoms. The van der Waals surface area contributed by atoms with E-state index < -0.39 is 10.0 Å². The van der Waals surface area contributed by atoms with E-state index in [1.807, 2.05) is 6.92 Å². The second kappa shape index (κ2) is 4.66. The van der Waals surface area contributed by atoms with Gasteiger partial charge in [0.15, 0.2) is 0 Å². The summed E-state index contributed by atoms with van der Waals surface area (Å²) >= 11 is 0. The maximum absolute atomic E-state index is 12.3. The van der Waals surface area contributed by atoms with Crippen molar-refractivity contribution in [2.24, 2.45) is 0 Å². The zero-order valence-electron chi connectivity index (χ0n) is 10.1. The molecule has 0 amide bonds. The van der Waals surface area contributed by atoms with Crippen molar-refractivity contribution in [1.29, 1.82) is 0 Å². The van der Waals surface area contributed by atoms with E-state index in [1.165, 1.54) is 0 Å². The second-order valence-corrected chi connectivity index (χ2v) is 6.17. The van der Waals surface area contributed by atoms with Crippen LogP contribution in [0.3, 0.4) is 0 Å². The lowest BCUT2D eigenvalue weighted by molar-refractivity contribution is 0.407. The van der Waals surface area contributed by atoms with Gasteiger partial charge in [0.2, 0.25) is 10.0 Å². The van der Waals surface area contributed by atoms with Gasteiger partial charge in [-0.05, 0) is 44.0 Å². The highest BCUT2D eigenvalue weighted by Crippen LogP contribution is 2.26. The van der Waals surface area contributed by atoms with Gasteiger partial charge in [0, 0.05) is 12.6 Å². The Balaban J connectivity index is 2.31. The fraction of sp³-hybridized carbons (Fsp3) is 0.500. The van der Waals surface area contributed by atoms with E-state index >= 15 is 0 Å². The average molecular weight is 255 g/mol. The summed E-state index contributed by atoms with van der Waals surface area (Å²) in [7, 11) is -1.77. The topological polar surface area (TPSA) is 46.6 Å². The molecule has 1 saturated heterocycles. The van der Waals surface area contributed by atoms with Gasteiger partial charge >= 0.3 is 0 Å². The maximum Gasteiger partial charge on any atom is 0.243 e. The molecule has 1 aliphatic rings. The number of hydrogen-bond acceptors (Lipinski definition) is 3. The van der Waals surface area contributed by atoms with Crippen LogP contribution in [0.4, 0.5) is 0 Å². The van der Waals surface area contributed by atoms with E-state index in [4.69, 9.17) is 4.74 Å². The van der Waals surface area contributed by atoms with Crippen molar-refractivity contribution in [2.45, 2.75) is 30.7 Å². The molecule has 0 N–H and O–H groups in total. The molecule has 0 unspecified atom stereocenters. The van der Waals surface area contributed by atoms with Gasteiger partial charge in [-0.25, -0.2) is 8.42 Å². The second-order valence-electron chi connectivity index (χ2n) is 4.28. The van der Waals surface area contributed by atoms with Gasteiger partial charge in [-0.15, -0.1) is 0 Å². The molecular formula is C12H17NO3S. The highest BCUT2D eigenvalue weighted by Gasteiger charge is 2.32. The Morgan fingerprint density at radius 2 is 1.94 bits per heavy atom. The van der Waals surface area contributed by atoms with Crippen LogP contribution in [0.15, 0.2) is 29.2 Å². The Hall–Kier alpha value is -1.07. The summed E-state index contributed by atoms with van der Waals surface area (Å²) in [5.74, 6) is 0.665. The van der Waals surface area contributed by atoms with Crippen LogP contribution in [0, 0.1) is 0 Å². The lowest BCUT2D eigenvalue weighted by atomic mass is 10.3. The Kier molecular flexibility index (Phi) is 3.40. The molecule has 1 aliphatic heterocycles. The summed E-state index contributed by atoms with van der Waals surface area (Å²) in [6.45, 7) is 2.57. The van der Waals surface area contributed by atoms with Gasteiger partial charge < -0.3 is 4.74 Å². The number of rotatable bonds is 3. The van der Waals surface area contributed by atoms with Crippen LogP contribution in [0.5, 0.6) is 5.75 Å². The molecule has 0 saturated carbocycles. The molecule has 1 aromatic carbocycles. The fourth-order valence-corrected chi connectivity index (χ4v) is 3.85. The first kappa shape index (κ1) is 12.4. The van der Waals surface area contributed by atoms with Crippen LogP contribution >= 0.6 is 0 Å². The normalized spacial score (nSPS) is 21.6. The van der Waals surface area contributed by atoms with Crippen LogP contribution < -0.4 is 4.74 Å². The maximum atomic E-state index is 12.3. The third-order valence-electron chi connectivity index (χ3n) is 3.16. The lowest BCUT2D eigenvalue weighted by Crippen LogP contribution is -2.33. The van der Waals surface area contributed by atoms with Crippen molar-refractivity contribution in [2.75, 3.05) is 13.7 Å². The minimum atomic E-state index is -3.34. The van der Waals surface area contributed by atoms with Crippen LogP contribution in [0.2, 0.25) is 0 Å². The number of ether oxygens (including phenoxy) is 1. The first-order valence-electron chi connectivity index (χ1n) is 5.71. The molecule has 0 aliphatic carbocycles. The van der Waals surface area contributed by atoms with E-state index in [2.05, 4.69) is 0 Å². The predicted octanol–water partition coefficient (Wildman–Crippen LogP) is 1.87. The third-order valence-corrected chi connectivity index (χ3v) is 5.19. The Morgan fingerprint density at radius 1 is 1.29 bits per heavy atom. The highest BCUT2D eigenvalue weighted by atomic mass is 32.2. The van der Waals surface area contributed by atoms with Crippen LogP contribution in [-0.2, 0) is 10.0 Å². The highest BCUT2D eigenvalue weighted by molar-refractivity contribution is 7.89. The minimum Gasteiger partial charge on any atom is -0.497 e. The van der Waals surface area contributed by atoms with Gasteiger partial charge in [-0.3, -0.25) is 0 Å². The van der Waals surface area contributed by atoms with Crippen molar-refractivity contribution in [1.82, 2.24) is 4.31 Å². The number of methoxy groups -OCH3 is 1. The molecular weight excluding hydrogens is 238 g/mol. The number of hydrogen-bond donors (Lipinski definition) is 0. The van der Waals surface area contributed by atoms with Crippen molar-refractivity contribution in [3.05, 3.63) is 24.3 Å². The molecule has 94 valence electrons. The summed E-state index contributed by atoms with van der Waals surface area (Å²) in [5, 5.41) is 0. The fourth-order valence-electron chi connectivity index (χ4n) is 2.15. The van der Waals surface area contributed by atoms with Crippen molar-refractivity contribution < 1.29 is 13.2 Å². The number of benzene rings is 1. The molecule has 1 heterocycles. The Labute approximate surface area is 102 Å². The minimum absolute atomic E-state index is 0.0992. The van der Waals surface area contributed by atoms with Crippen molar-refractivity contribution >= 4 is 10.0 Å². The predicted molar refractivity (Wildman–Crippen MR) is 65.6 cm³/mol. The van der Waals surface area contributed by atoms with Crippen molar-refractivity contribution in [3.8, 4) is 5.75 Å². The summed E-state index contributed by atoms with van der Waals surface area (Å²) in [6, 6.07) is 6.64.